The highest BCUT2D eigenvalue weighted by molar-refractivity contribution is 7.20. The third-order valence-corrected chi connectivity index (χ3v) is 5.53. The van der Waals surface area contributed by atoms with E-state index in [4.69, 9.17) is 5.10 Å². The molecule has 2 aromatic heterocycles. The van der Waals surface area contributed by atoms with E-state index in [1.165, 1.54) is 23.6 Å². The van der Waals surface area contributed by atoms with Crippen LogP contribution in [-0.2, 0) is 0 Å². The van der Waals surface area contributed by atoms with Gasteiger partial charge in [0.25, 0.3) is 0 Å². The molecule has 2 heterocycles. The van der Waals surface area contributed by atoms with Gasteiger partial charge in [-0.25, -0.2) is 9.50 Å². The van der Waals surface area contributed by atoms with Gasteiger partial charge in [-0.2, -0.15) is 0 Å². The Bertz CT molecular complexity index is 1010. The van der Waals surface area contributed by atoms with Crippen molar-refractivity contribution in [3.8, 4) is 11.3 Å². The van der Waals surface area contributed by atoms with Gasteiger partial charge in [0.1, 0.15) is 0 Å². The molecule has 114 valence electrons. The van der Waals surface area contributed by atoms with Crippen LogP contribution in [0.4, 0.5) is 5.13 Å². The first-order valence-electron chi connectivity index (χ1n) is 7.86. The first kappa shape index (κ1) is 13.1. The molecule has 0 unspecified atom stereocenters. The predicted molar refractivity (Wildman–Crippen MR) is 95.2 cm³/mol. The highest BCUT2D eigenvalue weighted by atomic mass is 32.1. The van der Waals surface area contributed by atoms with Gasteiger partial charge < -0.3 is 4.90 Å². The fourth-order valence-electron chi connectivity index (χ4n) is 2.99. The quantitative estimate of drug-likeness (QED) is 0.567. The number of anilines is 1. The van der Waals surface area contributed by atoms with Crippen LogP contribution >= 0.6 is 11.3 Å². The maximum absolute atomic E-state index is 4.79. The second-order valence-corrected chi connectivity index (χ2v) is 7.06. The zero-order chi connectivity index (χ0) is 15.4. The third-order valence-electron chi connectivity index (χ3n) is 4.52. The zero-order valence-corrected chi connectivity index (χ0v) is 13.6. The molecule has 0 spiro atoms. The minimum Gasteiger partial charge on any atom is -0.347 e. The second kappa shape index (κ2) is 4.80. The molecule has 23 heavy (non-hydrogen) atoms. The first-order chi connectivity index (χ1) is 11.3. The van der Waals surface area contributed by atoms with E-state index >= 15 is 0 Å². The van der Waals surface area contributed by atoms with Crippen molar-refractivity contribution in [2.45, 2.75) is 18.9 Å². The normalized spacial score (nSPS) is 14.7. The monoisotopic (exact) mass is 320 g/mol. The van der Waals surface area contributed by atoms with Crippen LogP contribution in [0.25, 0.3) is 27.0 Å². The summed E-state index contributed by atoms with van der Waals surface area (Å²) in [6, 6.07) is 15.6. The Labute approximate surface area is 138 Å². The average molecular weight is 320 g/mol. The van der Waals surface area contributed by atoms with Gasteiger partial charge in [0.15, 0.2) is 0 Å². The van der Waals surface area contributed by atoms with Crippen LogP contribution in [0, 0.1) is 0 Å². The van der Waals surface area contributed by atoms with E-state index in [1.54, 1.807) is 11.3 Å². The van der Waals surface area contributed by atoms with E-state index in [-0.39, 0.29) is 0 Å². The van der Waals surface area contributed by atoms with E-state index in [0.29, 0.717) is 6.04 Å². The van der Waals surface area contributed by atoms with Crippen molar-refractivity contribution in [1.82, 2.24) is 14.6 Å². The molecule has 0 atom stereocenters. The Balaban J connectivity index is 1.63. The highest BCUT2D eigenvalue weighted by Crippen LogP contribution is 2.34. The predicted octanol–water partition coefficient (Wildman–Crippen LogP) is 4.21. The number of fused-ring (bicyclic) bond motifs is 2. The number of imidazole rings is 1. The fourth-order valence-corrected chi connectivity index (χ4v) is 3.90. The van der Waals surface area contributed by atoms with Gasteiger partial charge >= 0.3 is 0 Å². The standard InChI is InChI=1S/C18H16N4S/c1-21(15-8-9-15)18-20-22-16(11-19-17(22)23-18)14-7-6-12-4-2-3-5-13(12)10-14/h2-7,10-11,15H,8-9H2,1H3. The molecule has 0 amide bonds. The van der Waals surface area contributed by atoms with Crippen molar-refractivity contribution in [2.75, 3.05) is 11.9 Å². The lowest BCUT2D eigenvalue weighted by molar-refractivity contribution is 0.868. The lowest BCUT2D eigenvalue weighted by atomic mass is 10.1. The van der Waals surface area contributed by atoms with E-state index in [2.05, 4.69) is 59.4 Å². The van der Waals surface area contributed by atoms with Gasteiger partial charge in [-0.1, -0.05) is 47.7 Å². The Morgan fingerprint density at radius 3 is 2.78 bits per heavy atom. The van der Waals surface area contributed by atoms with E-state index in [1.807, 2.05) is 10.7 Å². The molecule has 1 aliphatic rings. The molecule has 0 N–H and O–H groups in total. The van der Waals surface area contributed by atoms with E-state index in [0.717, 1.165) is 21.3 Å². The van der Waals surface area contributed by atoms with Crippen molar-refractivity contribution in [2.24, 2.45) is 0 Å². The van der Waals surface area contributed by atoms with Crippen molar-refractivity contribution >= 4 is 32.2 Å². The molecule has 1 aliphatic carbocycles. The summed E-state index contributed by atoms with van der Waals surface area (Å²) in [7, 11) is 2.13. The Morgan fingerprint density at radius 2 is 1.96 bits per heavy atom. The van der Waals surface area contributed by atoms with Crippen molar-refractivity contribution in [3.63, 3.8) is 0 Å². The number of hydrogen-bond acceptors (Lipinski definition) is 4. The molecule has 0 radical (unpaired) electrons. The third kappa shape index (κ3) is 2.11. The minimum absolute atomic E-state index is 0.662. The summed E-state index contributed by atoms with van der Waals surface area (Å²) < 4.78 is 1.98. The number of aromatic nitrogens is 3. The second-order valence-electron chi connectivity index (χ2n) is 6.13. The molecule has 5 heteroatoms. The summed E-state index contributed by atoms with van der Waals surface area (Å²) in [4.78, 5) is 7.79. The summed E-state index contributed by atoms with van der Waals surface area (Å²) in [5, 5.41) is 8.34. The van der Waals surface area contributed by atoms with Crippen LogP contribution in [0.15, 0.2) is 48.7 Å². The van der Waals surface area contributed by atoms with Crippen LogP contribution in [0.1, 0.15) is 12.8 Å². The molecule has 0 bridgehead atoms. The van der Waals surface area contributed by atoms with Crippen LogP contribution in [0.2, 0.25) is 0 Å². The molecule has 1 fully saturated rings. The maximum Gasteiger partial charge on any atom is 0.214 e. The zero-order valence-electron chi connectivity index (χ0n) is 12.8. The van der Waals surface area contributed by atoms with Crippen LogP contribution in [-0.4, -0.2) is 27.7 Å². The summed E-state index contributed by atoms with van der Waals surface area (Å²) >= 11 is 1.66. The van der Waals surface area contributed by atoms with Crippen molar-refractivity contribution in [1.29, 1.82) is 0 Å². The van der Waals surface area contributed by atoms with Gasteiger partial charge in [-0.15, -0.1) is 5.10 Å². The van der Waals surface area contributed by atoms with Gasteiger partial charge in [0.2, 0.25) is 10.1 Å². The number of nitrogens with zero attached hydrogens (tertiary/aromatic N) is 4. The fraction of sp³-hybridized carbons (Fsp3) is 0.222. The smallest absolute Gasteiger partial charge is 0.214 e. The number of benzene rings is 2. The lowest BCUT2D eigenvalue weighted by Gasteiger charge is -2.12. The van der Waals surface area contributed by atoms with E-state index < -0.39 is 0 Å². The SMILES string of the molecule is CN(c1nn2c(-c3ccc4ccccc4c3)cnc2s1)C1CC1. The molecule has 4 aromatic rings. The van der Waals surface area contributed by atoms with Crippen molar-refractivity contribution < 1.29 is 0 Å². The first-order valence-corrected chi connectivity index (χ1v) is 8.68. The minimum atomic E-state index is 0.662. The van der Waals surface area contributed by atoms with E-state index in [9.17, 15) is 0 Å². The van der Waals surface area contributed by atoms with Crippen LogP contribution in [0.5, 0.6) is 0 Å². The molecule has 0 saturated heterocycles. The van der Waals surface area contributed by atoms with Crippen LogP contribution < -0.4 is 4.90 Å². The van der Waals surface area contributed by atoms with Gasteiger partial charge in [-0.3, -0.25) is 0 Å². The Morgan fingerprint density at radius 1 is 1.13 bits per heavy atom. The number of rotatable bonds is 3. The van der Waals surface area contributed by atoms with Gasteiger partial charge in [0.05, 0.1) is 11.9 Å². The average Bonchev–Trinajstić information content (AvgIpc) is 3.23. The Kier molecular flexibility index (Phi) is 2.73. The van der Waals surface area contributed by atoms with Crippen molar-refractivity contribution in [3.05, 3.63) is 48.7 Å². The summed E-state index contributed by atoms with van der Waals surface area (Å²) in [5.74, 6) is 0. The maximum atomic E-state index is 4.79. The molecular weight excluding hydrogens is 304 g/mol. The molecule has 4 nitrogen and oxygen atoms in total. The summed E-state index contributed by atoms with van der Waals surface area (Å²) in [5.41, 5.74) is 2.21. The summed E-state index contributed by atoms with van der Waals surface area (Å²) in [6.45, 7) is 0. The molecular formula is C18H16N4S. The largest absolute Gasteiger partial charge is 0.347 e. The molecule has 2 aromatic carbocycles. The molecule has 1 saturated carbocycles. The summed E-state index contributed by atoms with van der Waals surface area (Å²) in [6.07, 6.45) is 4.47. The van der Waals surface area contributed by atoms with Gasteiger partial charge in [-0.05, 0) is 29.7 Å². The Hall–Kier alpha value is -2.40. The van der Waals surface area contributed by atoms with Crippen LogP contribution in [0.3, 0.4) is 0 Å². The lowest BCUT2D eigenvalue weighted by Crippen LogP contribution is -2.19. The molecule has 0 aliphatic heterocycles. The van der Waals surface area contributed by atoms with Gasteiger partial charge in [0, 0.05) is 18.7 Å². The highest BCUT2D eigenvalue weighted by Gasteiger charge is 2.28. The topological polar surface area (TPSA) is 33.4 Å². The number of hydrogen-bond donors (Lipinski definition) is 0. The molecule has 5 rings (SSSR count).